The average molecular weight is 606 g/mol. The summed E-state index contributed by atoms with van der Waals surface area (Å²) in [5, 5.41) is 0. The van der Waals surface area contributed by atoms with Crippen LogP contribution in [0.5, 0.6) is 11.5 Å². The number of benzene rings is 3. The predicted molar refractivity (Wildman–Crippen MR) is 114 cm³/mol. The molecule has 0 aliphatic heterocycles. The van der Waals surface area contributed by atoms with Crippen molar-refractivity contribution in [1.29, 1.82) is 0 Å². The van der Waals surface area contributed by atoms with Crippen molar-refractivity contribution < 1.29 is 46.2 Å². The van der Waals surface area contributed by atoms with Gasteiger partial charge >= 0.3 is 192 Å². The Morgan fingerprint density at radius 2 is 1.09 bits per heavy atom. The van der Waals surface area contributed by atoms with Crippen LogP contribution >= 0.6 is 28.5 Å². The Bertz CT molecular complexity index is 1050. The molecule has 3 rings (SSSR count). The third-order valence-electron chi connectivity index (χ3n) is 3.81. The summed E-state index contributed by atoms with van der Waals surface area (Å²) in [6.07, 6.45) is -10.3. The number of halogens is 7. The molecule has 13 heteroatoms. The Kier molecular flexibility index (Phi) is 7.62. The summed E-state index contributed by atoms with van der Waals surface area (Å²) in [7, 11) is -4.74. The molecule has 0 aliphatic carbocycles. The SMILES string of the molecule is O=P(Oc1ccccc1)(Oc1ccccc1)OI(O)c1cc(C(F)(F)F)cc(C(F)(F)F)c1. The van der Waals surface area contributed by atoms with Gasteiger partial charge in [0.05, 0.1) is 0 Å². The molecule has 0 spiro atoms. The molecule has 3 aromatic rings. The molecular weight excluding hydrogens is 592 g/mol. The van der Waals surface area contributed by atoms with E-state index in [9.17, 15) is 34.3 Å². The Morgan fingerprint density at radius 3 is 1.45 bits per heavy atom. The van der Waals surface area contributed by atoms with Crippen LogP contribution in [0, 0.1) is 3.57 Å². The molecule has 0 amide bonds. The van der Waals surface area contributed by atoms with Gasteiger partial charge in [-0.1, -0.05) is 0 Å². The average Bonchev–Trinajstić information content (AvgIpc) is 2.73. The minimum atomic E-state index is -5.13. The van der Waals surface area contributed by atoms with E-state index in [1.807, 2.05) is 0 Å². The van der Waals surface area contributed by atoms with Crippen LogP contribution in [0.15, 0.2) is 78.9 Å². The molecule has 33 heavy (non-hydrogen) atoms. The first-order valence-corrected chi connectivity index (χ1v) is 13.2. The van der Waals surface area contributed by atoms with Crippen molar-refractivity contribution in [2.24, 2.45) is 0 Å². The van der Waals surface area contributed by atoms with Gasteiger partial charge in [-0.3, -0.25) is 0 Å². The second-order valence-electron chi connectivity index (χ2n) is 6.28. The van der Waals surface area contributed by atoms with Crippen LogP contribution < -0.4 is 9.05 Å². The molecule has 0 saturated carbocycles. The van der Waals surface area contributed by atoms with Crippen LogP contribution in [0.1, 0.15) is 11.1 Å². The molecule has 0 aromatic heterocycles. The van der Waals surface area contributed by atoms with E-state index in [1.165, 1.54) is 48.5 Å². The number of hydrogen-bond donors (Lipinski definition) is 1. The Hall–Kier alpha value is -2.28. The van der Waals surface area contributed by atoms with Gasteiger partial charge in [-0.25, -0.2) is 0 Å². The van der Waals surface area contributed by atoms with Gasteiger partial charge in [-0.05, 0) is 0 Å². The van der Waals surface area contributed by atoms with E-state index >= 15 is 0 Å². The molecule has 1 N–H and O–H groups in total. The van der Waals surface area contributed by atoms with E-state index in [1.54, 1.807) is 12.1 Å². The Labute approximate surface area is 192 Å². The van der Waals surface area contributed by atoms with E-state index in [2.05, 4.69) is 0 Å². The van der Waals surface area contributed by atoms with Crippen LogP contribution in [-0.4, -0.2) is 3.44 Å². The van der Waals surface area contributed by atoms with Crippen molar-refractivity contribution in [3.63, 3.8) is 0 Å². The number of phosphoric ester groups is 1. The van der Waals surface area contributed by atoms with Crippen molar-refractivity contribution in [2.45, 2.75) is 12.4 Å². The normalized spacial score (nSPS) is 12.9. The standard InChI is InChI=1S/C20H14F6IO5P/c21-19(22,23)14-11-15(20(24,25)26)13-16(12-14)27(28)32-33(29,30-17-7-3-1-4-8-17)31-18-9-5-2-6-10-18/h1-13,28H. The summed E-state index contributed by atoms with van der Waals surface area (Å²) in [6, 6.07) is 15.3. The topological polar surface area (TPSA) is 65.0 Å². The van der Waals surface area contributed by atoms with Crippen LogP contribution in [-0.2, 0) is 19.8 Å². The third-order valence-corrected chi connectivity index (χ3v) is 9.23. The van der Waals surface area contributed by atoms with E-state index in [-0.39, 0.29) is 17.6 Å². The Balaban J connectivity index is 1.98. The van der Waals surface area contributed by atoms with Gasteiger partial charge in [0, 0.05) is 0 Å². The number of rotatable bonds is 7. The fraction of sp³-hybridized carbons (Fsp3) is 0.100. The second kappa shape index (κ2) is 9.92. The number of para-hydroxylation sites is 2. The third kappa shape index (κ3) is 7.10. The summed E-state index contributed by atoms with van der Waals surface area (Å²) in [5.41, 5.74) is -3.29. The Morgan fingerprint density at radius 1 is 0.697 bits per heavy atom. The zero-order valence-corrected chi connectivity index (χ0v) is 19.2. The van der Waals surface area contributed by atoms with E-state index in [0.717, 1.165) is 0 Å². The summed E-state index contributed by atoms with van der Waals surface area (Å²) in [5.74, 6) is -0.0536. The van der Waals surface area contributed by atoms with Crippen LogP contribution in [0.2, 0.25) is 0 Å². The quantitative estimate of drug-likeness (QED) is 0.172. The van der Waals surface area contributed by atoms with Crippen molar-refractivity contribution >= 4 is 28.5 Å². The van der Waals surface area contributed by atoms with Crippen molar-refractivity contribution in [1.82, 2.24) is 0 Å². The molecule has 0 fully saturated rings. The van der Waals surface area contributed by atoms with Gasteiger partial charge in [0.15, 0.2) is 0 Å². The number of phosphoric acid groups is 1. The predicted octanol–water partition coefficient (Wildman–Crippen LogP) is 7.51. The van der Waals surface area contributed by atoms with Crippen molar-refractivity contribution in [3.05, 3.63) is 93.6 Å². The second-order valence-corrected chi connectivity index (χ2v) is 11.4. The molecule has 0 radical (unpaired) electrons. The van der Waals surface area contributed by atoms with E-state index in [0.29, 0.717) is 12.1 Å². The number of alkyl halides is 6. The monoisotopic (exact) mass is 606 g/mol. The van der Waals surface area contributed by atoms with Gasteiger partial charge < -0.3 is 0 Å². The van der Waals surface area contributed by atoms with Gasteiger partial charge in [-0.2, -0.15) is 0 Å². The molecule has 0 aliphatic rings. The van der Waals surface area contributed by atoms with Crippen molar-refractivity contribution in [3.8, 4) is 11.5 Å². The molecule has 0 heterocycles. The maximum absolute atomic E-state index is 13.3. The summed E-state index contributed by atoms with van der Waals surface area (Å²) in [6.45, 7) is 0. The minimum absolute atomic E-state index is 0.0268. The zero-order valence-electron chi connectivity index (χ0n) is 16.2. The first-order chi connectivity index (χ1) is 15.4. The van der Waals surface area contributed by atoms with Crippen LogP contribution in [0.3, 0.4) is 0 Å². The van der Waals surface area contributed by atoms with Crippen molar-refractivity contribution in [2.75, 3.05) is 0 Å². The maximum atomic E-state index is 13.3. The summed E-state index contributed by atoms with van der Waals surface area (Å²) in [4.78, 5) is 0. The summed E-state index contributed by atoms with van der Waals surface area (Å²) < 4.78 is 117. The van der Waals surface area contributed by atoms with Gasteiger partial charge in [0.1, 0.15) is 0 Å². The van der Waals surface area contributed by atoms with Gasteiger partial charge in [0.25, 0.3) is 0 Å². The molecule has 0 bridgehead atoms. The first kappa shape index (κ1) is 25.3. The summed E-state index contributed by atoms with van der Waals surface area (Å²) >= 11 is -4.39. The van der Waals surface area contributed by atoms with Gasteiger partial charge in [-0.15, -0.1) is 0 Å². The van der Waals surface area contributed by atoms with E-state index < -0.39 is 55.5 Å². The molecule has 178 valence electrons. The van der Waals surface area contributed by atoms with E-state index in [4.69, 9.17) is 11.9 Å². The number of hydrogen-bond acceptors (Lipinski definition) is 5. The van der Waals surface area contributed by atoms with Crippen LogP contribution in [0.4, 0.5) is 26.3 Å². The fourth-order valence-electron chi connectivity index (χ4n) is 2.40. The van der Waals surface area contributed by atoms with Gasteiger partial charge in [0.2, 0.25) is 0 Å². The molecular formula is C20H14F6IO5P. The molecule has 5 nitrogen and oxygen atoms in total. The molecule has 0 atom stereocenters. The molecule has 0 unspecified atom stereocenters. The fourth-order valence-corrected chi connectivity index (χ4v) is 7.23. The molecule has 0 saturated heterocycles. The molecule has 3 aromatic carbocycles. The zero-order chi connectivity index (χ0) is 24.3. The van der Waals surface area contributed by atoms with Crippen LogP contribution in [0.25, 0.3) is 0 Å². The first-order valence-electron chi connectivity index (χ1n) is 8.84.